The van der Waals surface area contributed by atoms with Gasteiger partial charge in [0.15, 0.2) is 0 Å². The summed E-state index contributed by atoms with van der Waals surface area (Å²) in [5.41, 5.74) is 0.812. The van der Waals surface area contributed by atoms with Crippen LogP contribution in [0.3, 0.4) is 0 Å². The lowest BCUT2D eigenvalue weighted by Gasteiger charge is -2.39. The van der Waals surface area contributed by atoms with Crippen LogP contribution in [-0.2, 0) is 6.42 Å². The van der Waals surface area contributed by atoms with Gasteiger partial charge in [-0.3, -0.25) is 0 Å². The van der Waals surface area contributed by atoms with E-state index in [1.54, 1.807) is 12.1 Å². The van der Waals surface area contributed by atoms with Gasteiger partial charge in [0.05, 0.1) is 0 Å². The molecule has 0 unspecified atom stereocenters. The summed E-state index contributed by atoms with van der Waals surface area (Å²) in [6.45, 7) is 2.19. The van der Waals surface area contributed by atoms with Crippen molar-refractivity contribution < 1.29 is 57.1 Å². The molecule has 2 fully saturated rings. The van der Waals surface area contributed by atoms with Gasteiger partial charge in [0.1, 0.15) is 0 Å². The Labute approximate surface area is 242 Å². The zero-order valence-electron chi connectivity index (χ0n) is 23.7. The zero-order chi connectivity index (χ0) is 32.5. The number of rotatable bonds is 12. The topological polar surface area (TPSA) is 0 Å². The number of benzene rings is 1. The Morgan fingerprint density at radius 2 is 1.05 bits per heavy atom. The van der Waals surface area contributed by atoms with Crippen LogP contribution < -0.4 is 0 Å². The molecule has 0 aliphatic heterocycles. The quantitative estimate of drug-likeness (QED) is 0.199. The minimum absolute atomic E-state index is 0.0524. The van der Waals surface area contributed by atoms with E-state index in [4.69, 9.17) is 0 Å². The smallest absolute Gasteiger partial charge is 0.200 e. The van der Waals surface area contributed by atoms with E-state index in [0.717, 1.165) is 37.2 Å². The summed E-state index contributed by atoms with van der Waals surface area (Å²) in [5.74, 6) is -34.3. The maximum Gasteiger partial charge on any atom is 0.460 e. The Kier molecular flexibility index (Phi) is 10.8. The first kappa shape index (κ1) is 35.8. The van der Waals surface area contributed by atoms with Crippen LogP contribution in [0.2, 0.25) is 0 Å². The summed E-state index contributed by atoms with van der Waals surface area (Å²) in [4.78, 5) is 0. The number of hydrogen-bond acceptors (Lipinski definition) is 0. The van der Waals surface area contributed by atoms with Crippen molar-refractivity contribution >= 4 is 0 Å². The van der Waals surface area contributed by atoms with Crippen molar-refractivity contribution in [2.24, 2.45) is 17.8 Å². The molecular weight excluding hydrogens is 607 g/mol. The summed E-state index contributed by atoms with van der Waals surface area (Å²) in [5, 5.41) is 0. The molecule has 2 aliphatic carbocycles. The van der Waals surface area contributed by atoms with Gasteiger partial charge in [-0.25, -0.2) is 0 Å². The molecule has 0 amide bonds. The Morgan fingerprint density at radius 1 is 0.581 bits per heavy atom. The Bertz CT molecular complexity index is 1010. The highest BCUT2D eigenvalue weighted by atomic mass is 19.4. The average molecular weight is 645 g/mol. The van der Waals surface area contributed by atoms with Gasteiger partial charge in [0.2, 0.25) is 0 Å². The second-order valence-electron chi connectivity index (χ2n) is 12.3. The van der Waals surface area contributed by atoms with Crippen LogP contribution in [0.4, 0.5) is 57.1 Å². The fourth-order valence-corrected chi connectivity index (χ4v) is 6.58. The standard InChI is InChI=1S/C30H37F13/c1-2-3-4-19-5-9-21(10-6-19)23-13-15-24(16-14-23)22-11-7-20(8-12-22)17-18-25(31,32)26(33,34)27(35,36)28(37,38)29(39,40)30(41,42)43/h7-8,11-12,19,21,23-24H,2-6,9-10,13-18H2,1H3/t19-,21-,23-,24-. The fourth-order valence-electron chi connectivity index (χ4n) is 6.58. The SMILES string of the molecule is CCCC[C@H]1CC[C@H]([C@H]2CC[C@H](c3ccc(CCC(F)(F)C(F)(F)C(F)(F)C(F)(F)C(F)(F)C(F)(F)F)cc3)CC2)CC1. The Morgan fingerprint density at radius 3 is 1.51 bits per heavy atom. The fraction of sp³-hybridized carbons (Fsp3) is 0.800. The lowest BCUT2D eigenvalue weighted by Crippen LogP contribution is -2.70. The first-order valence-electron chi connectivity index (χ1n) is 14.7. The van der Waals surface area contributed by atoms with Crippen LogP contribution in [0.5, 0.6) is 0 Å². The molecule has 1 aromatic rings. The normalized spacial score (nSPS) is 25.2. The summed E-state index contributed by atoms with van der Waals surface area (Å²) in [6.07, 6.45) is 1.94. The molecule has 1 aromatic carbocycles. The summed E-state index contributed by atoms with van der Waals surface area (Å²) < 4.78 is 173. The highest BCUT2D eigenvalue weighted by Gasteiger charge is 2.90. The van der Waals surface area contributed by atoms with Crippen LogP contribution in [0, 0.1) is 17.8 Å². The Hall–Kier alpha value is -1.69. The third kappa shape index (κ3) is 7.10. The zero-order valence-corrected chi connectivity index (χ0v) is 23.7. The van der Waals surface area contributed by atoms with Crippen LogP contribution in [0.1, 0.15) is 101 Å². The molecule has 0 N–H and O–H groups in total. The van der Waals surface area contributed by atoms with Gasteiger partial charge in [-0.05, 0) is 79.7 Å². The molecule has 0 saturated heterocycles. The van der Waals surface area contributed by atoms with Crippen LogP contribution >= 0.6 is 0 Å². The van der Waals surface area contributed by atoms with E-state index in [9.17, 15) is 57.1 Å². The van der Waals surface area contributed by atoms with Crippen molar-refractivity contribution in [2.75, 3.05) is 0 Å². The van der Waals surface area contributed by atoms with Crippen molar-refractivity contribution in [3.8, 4) is 0 Å². The van der Waals surface area contributed by atoms with E-state index in [1.807, 2.05) is 0 Å². The summed E-state index contributed by atoms with van der Waals surface area (Å²) in [6, 6.07) is 5.72. The van der Waals surface area contributed by atoms with Gasteiger partial charge >= 0.3 is 35.8 Å². The molecule has 0 aromatic heterocycles. The number of alkyl halides is 13. The minimum Gasteiger partial charge on any atom is -0.200 e. The van der Waals surface area contributed by atoms with Gasteiger partial charge in [-0.1, -0.05) is 63.3 Å². The molecule has 0 nitrogen and oxygen atoms in total. The van der Waals surface area contributed by atoms with Gasteiger partial charge in [-0.2, -0.15) is 57.1 Å². The molecular formula is C30H37F13. The first-order chi connectivity index (χ1) is 19.7. The maximum absolute atomic E-state index is 14.1. The largest absolute Gasteiger partial charge is 0.460 e. The van der Waals surface area contributed by atoms with Crippen molar-refractivity contribution in [1.29, 1.82) is 0 Å². The second-order valence-corrected chi connectivity index (χ2v) is 12.3. The third-order valence-corrected chi connectivity index (χ3v) is 9.47. The lowest BCUT2D eigenvalue weighted by atomic mass is 9.68. The molecule has 0 atom stereocenters. The molecule has 2 saturated carbocycles. The monoisotopic (exact) mass is 644 g/mol. The van der Waals surface area contributed by atoms with Gasteiger partial charge in [0.25, 0.3) is 0 Å². The highest BCUT2D eigenvalue weighted by molar-refractivity contribution is 5.26. The number of aryl methyl sites for hydroxylation is 1. The lowest BCUT2D eigenvalue weighted by molar-refractivity contribution is -0.440. The van der Waals surface area contributed by atoms with Crippen molar-refractivity contribution in [2.45, 2.75) is 132 Å². The van der Waals surface area contributed by atoms with Gasteiger partial charge < -0.3 is 0 Å². The molecule has 43 heavy (non-hydrogen) atoms. The summed E-state index contributed by atoms with van der Waals surface area (Å²) >= 11 is 0. The average Bonchev–Trinajstić information content (AvgIpc) is 2.94. The second kappa shape index (κ2) is 13.0. The molecule has 0 radical (unpaired) electrons. The number of unbranched alkanes of at least 4 members (excludes halogenated alkanes) is 1. The maximum atomic E-state index is 14.1. The minimum atomic E-state index is -7.86. The molecule has 13 heteroatoms. The van der Waals surface area contributed by atoms with Crippen molar-refractivity contribution in [3.05, 3.63) is 35.4 Å². The van der Waals surface area contributed by atoms with Crippen molar-refractivity contribution in [1.82, 2.24) is 0 Å². The molecule has 3 rings (SSSR count). The summed E-state index contributed by atoms with van der Waals surface area (Å²) in [7, 11) is 0. The third-order valence-electron chi connectivity index (χ3n) is 9.47. The Balaban J connectivity index is 1.57. The van der Waals surface area contributed by atoms with Gasteiger partial charge in [-0.15, -0.1) is 0 Å². The molecule has 248 valence electrons. The van der Waals surface area contributed by atoms with E-state index < -0.39 is 48.6 Å². The highest BCUT2D eigenvalue weighted by Crippen LogP contribution is 2.60. The van der Waals surface area contributed by atoms with E-state index >= 15 is 0 Å². The molecule has 0 bridgehead atoms. The molecule has 0 heterocycles. The van der Waals surface area contributed by atoms with E-state index in [2.05, 4.69) is 6.92 Å². The predicted octanol–water partition coefficient (Wildman–Crippen LogP) is 11.6. The van der Waals surface area contributed by atoms with E-state index in [1.165, 1.54) is 57.1 Å². The first-order valence-corrected chi connectivity index (χ1v) is 14.7. The molecule has 0 spiro atoms. The molecule has 2 aliphatic rings. The predicted molar refractivity (Wildman–Crippen MR) is 135 cm³/mol. The van der Waals surface area contributed by atoms with Crippen molar-refractivity contribution in [3.63, 3.8) is 0 Å². The van der Waals surface area contributed by atoms with Crippen LogP contribution in [0.25, 0.3) is 0 Å². The van der Waals surface area contributed by atoms with Crippen LogP contribution in [-0.4, -0.2) is 35.8 Å². The number of hydrogen-bond donors (Lipinski definition) is 0. The van der Waals surface area contributed by atoms with E-state index in [0.29, 0.717) is 11.8 Å². The van der Waals surface area contributed by atoms with Crippen LogP contribution in [0.15, 0.2) is 24.3 Å². The number of halogens is 13. The van der Waals surface area contributed by atoms with E-state index in [-0.39, 0.29) is 11.5 Å². The van der Waals surface area contributed by atoms with Gasteiger partial charge in [0, 0.05) is 6.42 Å².